The summed E-state index contributed by atoms with van der Waals surface area (Å²) < 4.78 is 24.2. The van der Waals surface area contributed by atoms with Gasteiger partial charge in [0.1, 0.15) is 12.4 Å². The van der Waals surface area contributed by atoms with Gasteiger partial charge in [-0.1, -0.05) is 42.2 Å². The van der Waals surface area contributed by atoms with E-state index in [-0.39, 0.29) is 12.2 Å². The van der Waals surface area contributed by atoms with Crippen molar-refractivity contribution in [3.05, 3.63) is 97.2 Å². The average molecular weight is 535 g/mol. The van der Waals surface area contributed by atoms with Crippen molar-refractivity contribution in [3.63, 3.8) is 0 Å². The maximum atomic E-state index is 13.8. The highest BCUT2D eigenvalue weighted by Crippen LogP contribution is 2.36. The van der Waals surface area contributed by atoms with Gasteiger partial charge in [0.25, 0.3) is 5.56 Å². The molecular formula is C29H30N2O6S. The first-order chi connectivity index (χ1) is 18.4. The fourth-order valence-corrected chi connectivity index (χ4v) is 5.24. The predicted octanol–water partition coefficient (Wildman–Crippen LogP) is 3.77. The number of fused-ring (bicyclic) bond motifs is 1. The van der Waals surface area contributed by atoms with Gasteiger partial charge in [-0.2, -0.15) is 0 Å². The van der Waals surface area contributed by atoms with Gasteiger partial charge in [0.05, 0.1) is 42.2 Å². The Morgan fingerprint density at radius 3 is 2.53 bits per heavy atom. The van der Waals surface area contributed by atoms with Crippen LogP contribution in [0.2, 0.25) is 0 Å². The van der Waals surface area contributed by atoms with Crippen molar-refractivity contribution < 1.29 is 23.7 Å². The van der Waals surface area contributed by atoms with Crippen molar-refractivity contribution in [2.75, 3.05) is 26.9 Å². The van der Waals surface area contributed by atoms with Gasteiger partial charge >= 0.3 is 5.97 Å². The molecule has 0 aliphatic carbocycles. The number of hydrogen-bond acceptors (Lipinski definition) is 8. The number of allylic oxidation sites excluding steroid dienone is 1. The Balaban J connectivity index is 1.91. The largest absolute Gasteiger partial charge is 0.497 e. The minimum atomic E-state index is -0.754. The topological polar surface area (TPSA) is 88.4 Å². The van der Waals surface area contributed by atoms with E-state index in [1.54, 1.807) is 43.7 Å². The maximum absolute atomic E-state index is 13.8. The summed E-state index contributed by atoms with van der Waals surface area (Å²) in [4.78, 5) is 32.1. The van der Waals surface area contributed by atoms with E-state index in [1.165, 1.54) is 11.3 Å². The number of hydrogen-bond donors (Lipinski definition) is 0. The lowest BCUT2D eigenvalue weighted by atomic mass is 9.95. The van der Waals surface area contributed by atoms with Crippen LogP contribution in [0.5, 0.6) is 17.2 Å². The third kappa shape index (κ3) is 5.43. The van der Waals surface area contributed by atoms with E-state index < -0.39 is 12.0 Å². The van der Waals surface area contributed by atoms with E-state index in [2.05, 4.69) is 11.6 Å². The van der Waals surface area contributed by atoms with Gasteiger partial charge < -0.3 is 18.9 Å². The molecule has 0 amide bonds. The summed E-state index contributed by atoms with van der Waals surface area (Å²) in [5, 5.41) is 0. The summed E-state index contributed by atoms with van der Waals surface area (Å²) in [6, 6.07) is 12.1. The van der Waals surface area contributed by atoms with Crippen LogP contribution < -0.4 is 29.1 Å². The fraction of sp³-hybridized carbons (Fsp3) is 0.276. The van der Waals surface area contributed by atoms with E-state index >= 15 is 0 Å². The monoisotopic (exact) mass is 534 g/mol. The summed E-state index contributed by atoms with van der Waals surface area (Å²) in [5.74, 6) is 1.25. The standard InChI is InChI=1S/C29H30N2O6S/c1-6-15-37-22-14-11-20(17-23(22)35-7-2)26-25(28(33)36-8-3)18(4)30-29-31(26)27(32)24(38-29)16-19-9-12-21(34-5)13-10-19/h6,9-14,16-17,26H,1,7-8,15H2,2-5H3/b24-16-. The number of rotatable bonds is 10. The van der Waals surface area contributed by atoms with E-state index in [9.17, 15) is 9.59 Å². The first-order valence-electron chi connectivity index (χ1n) is 12.3. The van der Waals surface area contributed by atoms with Crippen molar-refractivity contribution >= 4 is 23.4 Å². The van der Waals surface area contributed by atoms with E-state index in [4.69, 9.17) is 18.9 Å². The Labute approximate surface area is 224 Å². The fourth-order valence-electron chi connectivity index (χ4n) is 4.19. The lowest BCUT2D eigenvalue weighted by Crippen LogP contribution is -2.40. The summed E-state index contributed by atoms with van der Waals surface area (Å²) in [5.41, 5.74) is 2.06. The van der Waals surface area contributed by atoms with Crippen LogP contribution in [0.25, 0.3) is 6.08 Å². The summed E-state index contributed by atoms with van der Waals surface area (Å²) in [6.45, 7) is 9.99. The average Bonchev–Trinajstić information content (AvgIpc) is 3.21. The Bertz CT molecular complexity index is 1550. The number of ether oxygens (including phenoxy) is 4. The molecule has 1 unspecified atom stereocenters. The van der Waals surface area contributed by atoms with Crippen LogP contribution in [0, 0.1) is 0 Å². The predicted molar refractivity (Wildman–Crippen MR) is 147 cm³/mol. The second kappa shape index (κ2) is 12.0. The number of esters is 1. The molecule has 1 aliphatic rings. The lowest BCUT2D eigenvalue weighted by Gasteiger charge is -2.25. The highest BCUT2D eigenvalue weighted by atomic mass is 32.1. The Kier molecular flexibility index (Phi) is 8.48. The molecule has 9 heteroatoms. The maximum Gasteiger partial charge on any atom is 0.338 e. The van der Waals surface area contributed by atoms with Gasteiger partial charge in [-0.15, -0.1) is 0 Å². The van der Waals surface area contributed by atoms with Gasteiger partial charge in [-0.3, -0.25) is 9.36 Å². The molecule has 38 heavy (non-hydrogen) atoms. The number of thiazole rings is 1. The van der Waals surface area contributed by atoms with E-state index in [0.29, 0.717) is 50.9 Å². The summed E-state index contributed by atoms with van der Waals surface area (Å²) in [7, 11) is 1.60. The first kappa shape index (κ1) is 26.9. The molecule has 4 rings (SSSR count). The molecule has 2 aromatic carbocycles. The number of benzene rings is 2. The Morgan fingerprint density at radius 2 is 1.87 bits per heavy atom. The number of carbonyl (C=O) groups is 1. The molecule has 2 heterocycles. The smallest absolute Gasteiger partial charge is 0.338 e. The molecule has 0 saturated heterocycles. The molecule has 1 aliphatic heterocycles. The highest BCUT2D eigenvalue weighted by Gasteiger charge is 2.34. The molecule has 0 N–H and O–H groups in total. The van der Waals surface area contributed by atoms with E-state index in [0.717, 1.165) is 11.3 Å². The molecule has 0 fully saturated rings. The quantitative estimate of drug-likeness (QED) is 0.291. The molecule has 3 aromatic rings. The Morgan fingerprint density at radius 1 is 1.11 bits per heavy atom. The molecule has 198 valence electrons. The zero-order valence-electron chi connectivity index (χ0n) is 21.9. The molecule has 0 radical (unpaired) electrons. The molecule has 0 saturated carbocycles. The second-order valence-electron chi connectivity index (χ2n) is 8.31. The number of carbonyl (C=O) groups excluding carboxylic acids is 1. The van der Waals surface area contributed by atoms with Gasteiger partial charge in [0.15, 0.2) is 16.3 Å². The Hall–Kier alpha value is -4.11. The van der Waals surface area contributed by atoms with Crippen LogP contribution in [0.15, 0.2) is 76.2 Å². The van der Waals surface area contributed by atoms with Gasteiger partial charge in [-0.25, -0.2) is 9.79 Å². The third-order valence-corrected chi connectivity index (χ3v) is 6.85. The third-order valence-electron chi connectivity index (χ3n) is 5.87. The summed E-state index contributed by atoms with van der Waals surface area (Å²) in [6.07, 6.45) is 3.46. The number of methoxy groups -OCH3 is 1. The van der Waals surface area contributed by atoms with Crippen LogP contribution in [-0.4, -0.2) is 37.5 Å². The number of nitrogens with zero attached hydrogens (tertiary/aromatic N) is 2. The van der Waals surface area contributed by atoms with Gasteiger partial charge in [-0.05, 0) is 62.2 Å². The van der Waals surface area contributed by atoms with Crippen LogP contribution in [0.4, 0.5) is 0 Å². The zero-order chi connectivity index (χ0) is 27.2. The highest BCUT2D eigenvalue weighted by molar-refractivity contribution is 7.07. The van der Waals surface area contributed by atoms with Crippen molar-refractivity contribution in [1.82, 2.24) is 4.57 Å². The van der Waals surface area contributed by atoms with Gasteiger partial charge in [0, 0.05) is 0 Å². The minimum Gasteiger partial charge on any atom is -0.497 e. The lowest BCUT2D eigenvalue weighted by molar-refractivity contribution is -0.139. The number of aromatic nitrogens is 1. The van der Waals surface area contributed by atoms with Crippen LogP contribution >= 0.6 is 11.3 Å². The molecule has 0 bridgehead atoms. The van der Waals surface area contributed by atoms with Crippen molar-refractivity contribution in [1.29, 1.82) is 0 Å². The van der Waals surface area contributed by atoms with Crippen molar-refractivity contribution in [2.45, 2.75) is 26.8 Å². The second-order valence-corrected chi connectivity index (χ2v) is 9.32. The van der Waals surface area contributed by atoms with Crippen molar-refractivity contribution in [3.8, 4) is 17.2 Å². The molecule has 1 aromatic heterocycles. The van der Waals surface area contributed by atoms with Crippen LogP contribution in [0.1, 0.15) is 37.9 Å². The molecular weight excluding hydrogens is 504 g/mol. The van der Waals surface area contributed by atoms with Crippen molar-refractivity contribution in [2.24, 2.45) is 4.99 Å². The minimum absolute atomic E-state index is 0.197. The van der Waals surface area contributed by atoms with Crippen LogP contribution in [-0.2, 0) is 9.53 Å². The first-order valence-corrected chi connectivity index (χ1v) is 13.1. The summed E-state index contributed by atoms with van der Waals surface area (Å²) >= 11 is 1.27. The molecule has 1 atom stereocenters. The van der Waals surface area contributed by atoms with Gasteiger partial charge in [0.2, 0.25) is 0 Å². The molecule has 8 nitrogen and oxygen atoms in total. The van der Waals surface area contributed by atoms with Crippen LogP contribution in [0.3, 0.4) is 0 Å². The normalized spacial score (nSPS) is 14.9. The zero-order valence-corrected chi connectivity index (χ0v) is 22.7. The SMILES string of the molecule is C=CCOc1ccc(C2C(C(=O)OCC)=C(C)N=c3s/c(=C\c4ccc(OC)cc4)c(=O)n32)cc1OCC. The molecule has 0 spiro atoms. The van der Waals surface area contributed by atoms with E-state index in [1.807, 2.05) is 43.3 Å².